The van der Waals surface area contributed by atoms with Gasteiger partial charge in [0.1, 0.15) is 6.33 Å². The van der Waals surface area contributed by atoms with Crippen molar-refractivity contribution in [2.75, 3.05) is 25.4 Å². The summed E-state index contributed by atoms with van der Waals surface area (Å²) in [7, 11) is -3.10. The SMILES string of the molecule is CCNC(=NCc1cccc(-c2ncn[nH]2)c1)NC1CCN(S(=O)(=O)CC)CC1. The second-order valence-corrected chi connectivity index (χ2v) is 9.21. The molecule has 0 bridgehead atoms. The summed E-state index contributed by atoms with van der Waals surface area (Å²) >= 11 is 0. The van der Waals surface area contributed by atoms with E-state index in [4.69, 9.17) is 4.99 Å². The molecule has 0 unspecified atom stereocenters. The number of aromatic amines is 1. The fourth-order valence-electron chi connectivity index (χ4n) is 3.31. The highest BCUT2D eigenvalue weighted by Gasteiger charge is 2.26. The largest absolute Gasteiger partial charge is 0.357 e. The van der Waals surface area contributed by atoms with Crippen molar-refractivity contribution in [3.05, 3.63) is 36.2 Å². The lowest BCUT2D eigenvalue weighted by Crippen LogP contribution is -2.50. The Morgan fingerprint density at radius 1 is 1.31 bits per heavy atom. The summed E-state index contributed by atoms with van der Waals surface area (Å²) in [5.41, 5.74) is 2.04. The molecule has 0 amide bonds. The number of hydrogen-bond donors (Lipinski definition) is 3. The number of aromatic nitrogens is 3. The van der Waals surface area contributed by atoms with Crippen LogP contribution in [0.25, 0.3) is 11.4 Å². The molecule has 1 fully saturated rings. The first-order valence-electron chi connectivity index (χ1n) is 9.99. The van der Waals surface area contributed by atoms with Gasteiger partial charge in [0.15, 0.2) is 11.8 Å². The molecule has 0 saturated carbocycles. The van der Waals surface area contributed by atoms with Crippen LogP contribution in [0.5, 0.6) is 0 Å². The van der Waals surface area contributed by atoms with Gasteiger partial charge in [-0.2, -0.15) is 5.10 Å². The first kappa shape index (κ1) is 21.3. The van der Waals surface area contributed by atoms with E-state index < -0.39 is 10.0 Å². The van der Waals surface area contributed by atoms with Crippen molar-refractivity contribution in [1.82, 2.24) is 30.1 Å². The molecular weight excluding hydrogens is 390 g/mol. The van der Waals surface area contributed by atoms with Gasteiger partial charge in [0.25, 0.3) is 0 Å². The number of benzene rings is 1. The molecule has 2 aromatic rings. The summed E-state index contributed by atoms with van der Waals surface area (Å²) in [4.78, 5) is 8.89. The van der Waals surface area contributed by atoms with E-state index in [9.17, 15) is 8.42 Å². The van der Waals surface area contributed by atoms with E-state index in [2.05, 4.69) is 25.8 Å². The van der Waals surface area contributed by atoms with E-state index in [0.29, 0.717) is 19.6 Å². The molecule has 9 nitrogen and oxygen atoms in total. The summed E-state index contributed by atoms with van der Waals surface area (Å²) in [5.74, 6) is 1.63. The van der Waals surface area contributed by atoms with Gasteiger partial charge in [-0.15, -0.1) is 0 Å². The van der Waals surface area contributed by atoms with Gasteiger partial charge in [0, 0.05) is 31.2 Å². The molecule has 29 heavy (non-hydrogen) atoms. The maximum Gasteiger partial charge on any atom is 0.213 e. The Kier molecular flexibility index (Phi) is 7.21. The molecule has 0 spiro atoms. The lowest BCUT2D eigenvalue weighted by Gasteiger charge is -2.32. The zero-order chi connectivity index (χ0) is 20.7. The number of guanidine groups is 1. The summed E-state index contributed by atoms with van der Waals surface area (Å²) in [6.07, 6.45) is 3.03. The van der Waals surface area contributed by atoms with Crippen LogP contribution in [-0.2, 0) is 16.6 Å². The number of hydrogen-bond acceptors (Lipinski definition) is 5. The lowest BCUT2D eigenvalue weighted by molar-refractivity contribution is 0.306. The van der Waals surface area contributed by atoms with Crippen molar-refractivity contribution in [1.29, 1.82) is 0 Å². The van der Waals surface area contributed by atoms with Crippen LogP contribution in [-0.4, -0.2) is 65.3 Å². The summed E-state index contributed by atoms with van der Waals surface area (Å²) in [5, 5.41) is 13.5. The summed E-state index contributed by atoms with van der Waals surface area (Å²) < 4.78 is 25.6. The molecule has 1 aliphatic rings. The Bertz CT molecular complexity index is 904. The molecule has 0 atom stereocenters. The Labute approximate surface area is 172 Å². The zero-order valence-electron chi connectivity index (χ0n) is 16.9. The molecular formula is C19H29N7O2S. The number of nitrogens with zero attached hydrogens (tertiary/aromatic N) is 4. The van der Waals surface area contributed by atoms with Crippen LogP contribution in [0.3, 0.4) is 0 Å². The predicted octanol–water partition coefficient (Wildman–Crippen LogP) is 1.34. The number of piperidine rings is 1. The molecule has 1 aliphatic heterocycles. The van der Waals surface area contributed by atoms with E-state index in [1.807, 2.05) is 31.2 Å². The third kappa shape index (κ3) is 5.77. The Morgan fingerprint density at radius 2 is 2.10 bits per heavy atom. The van der Waals surface area contributed by atoms with Crippen molar-refractivity contribution in [2.24, 2.45) is 4.99 Å². The van der Waals surface area contributed by atoms with Gasteiger partial charge in [0.2, 0.25) is 10.0 Å². The third-order valence-corrected chi connectivity index (χ3v) is 6.81. The van der Waals surface area contributed by atoms with Crippen LogP contribution in [0.4, 0.5) is 0 Å². The first-order valence-corrected chi connectivity index (χ1v) is 11.6. The molecule has 10 heteroatoms. The average Bonchev–Trinajstić information content (AvgIpc) is 3.28. The van der Waals surface area contributed by atoms with Crippen molar-refractivity contribution in [3.63, 3.8) is 0 Å². The predicted molar refractivity (Wildman–Crippen MR) is 114 cm³/mol. The van der Waals surface area contributed by atoms with Gasteiger partial charge >= 0.3 is 0 Å². The van der Waals surface area contributed by atoms with Gasteiger partial charge in [0.05, 0.1) is 12.3 Å². The minimum absolute atomic E-state index is 0.155. The minimum Gasteiger partial charge on any atom is -0.357 e. The number of aliphatic imine (C=N–C) groups is 1. The first-order chi connectivity index (χ1) is 14.0. The van der Waals surface area contributed by atoms with Gasteiger partial charge in [-0.3, -0.25) is 5.10 Å². The Hall–Kier alpha value is -2.46. The molecule has 2 heterocycles. The van der Waals surface area contributed by atoms with Gasteiger partial charge in [-0.25, -0.2) is 22.7 Å². The van der Waals surface area contributed by atoms with Crippen LogP contribution in [0, 0.1) is 0 Å². The van der Waals surface area contributed by atoms with Crippen LogP contribution in [0.1, 0.15) is 32.3 Å². The molecule has 1 aromatic carbocycles. The topological polar surface area (TPSA) is 115 Å². The van der Waals surface area contributed by atoms with Crippen molar-refractivity contribution in [3.8, 4) is 11.4 Å². The molecule has 158 valence electrons. The van der Waals surface area contributed by atoms with Gasteiger partial charge in [-0.1, -0.05) is 18.2 Å². The van der Waals surface area contributed by atoms with E-state index in [1.54, 1.807) is 11.2 Å². The number of H-pyrrole nitrogens is 1. The second-order valence-electron chi connectivity index (χ2n) is 6.95. The molecule has 0 radical (unpaired) electrons. The molecule has 1 saturated heterocycles. The minimum atomic E-state index is -3.10. The highest BCUT2D eigenvalue weighted by Crippen LogP contribution is 2.17. The van der Waals surface area contributed by atoms with Crippen LogP contribution >= 0.6 is 0 Å². The standard InChI is InChI=1S/C19H29N7O2S/c1-3-20-19(24-17-8-10-26(11-9-17)29(27,28)4-2)21-13-15-6-5-7-16(12-15)18-22-14-23-25-18/h5-7,12,14,17H,3-4,8-11,13H2,1-2H3,(H2,20,21,24)(H,22,23,25). The highest BCUT2D eigenvalue weighted by atomic mass is 32.2. The van der Waals surface area contributed by atoms with E-state index in [1.165, 1.54) is 6.33 Å². The Morgan fingerprint density at radius 3 is 2.76 bits per heavy atom. The molecule has 1 aromatic heterocycles. The molecule has 3 rings (SSSR count). The quantitative estimate of drug-likeness (QED) is 0.461. The van der Waals surface area contributed by atoms with Crippen LogP contribution in [0.2, 0.25) is 0 Å². The molecule has 0 aliphatic carbocycles. The van der Waals surface area contributed by atoms with E-state index in [-0.39, 0.29) is 11.8 Å². The zero-order valence-corrected chi connectivity index (χ0v) is 17.7. The van der Waals surface area contributed by atoms with Crippen LogP contribution in [0.15, 0.2) is 35.6 Å². The Balaban J connectivity index is 1.60. The maximum atomic E-state index is 12.0. The van der Waals surface area contributed by atoms with Gasteiger partial charge in [-0.05, 0) is 38.3 Å². The maximum absolute atomic E-state index is 12.0. The highest BCUT2D eigenvalue weighted by molar-refractivity contribution is 7.89. The van der Waals surface area contributed by atoms with E-state index >= 15 is 0 Å². The summed E-state index contributed by atoms with van der Waals surface area (Å²) in [6.45, 7) is 6.09. The van der Waals surface area contributed by atoms with Crippen molar-refractivity contribution in [2.45, 2.75) is 39.3 Å². The number of sulfonamides is 1. The molecule has 3 N–H and O–H groups in total. The van der Waals surface area contributed by atoms with Gasteiger partial charge < -0.3 is 10.6 Å². The number of rotatable bonds is 7. The van der Waals surface area contributed by atoms with Crippen molar-refractivity contribution >= 4 is 16.0 Å². The van der Waals surface area contributed by atoms with Crippen molar-refractivity contribution < 1.29 is 8.42 Å². The normalized spacial score (nSPS) is 16.7. The van der Waals surface area contributed by atoms with E-state index in [0.717, 1.165) is 42.3 Å². The second kappa shape index (κ2) is 9.84. The number of nitrogens with one attached hydrogen (secondary N) is 3. The third-order valence-electron chi connectivity index (χ3n) is 4.93. The fourth-order valence-corrected chi connectivity index (χ4v) is 4.44. The fraction of sp³-hybridized carbons (Fsp3) is 0.526. The lowest BCUT2D eigenvalue weighted by atomic mass is 10.1. The average molecular weight is 420 g/mol. The smallest absolute Gasteiger partial charge is 0.213 e. The van der Waals surface area contributed by atoms with Crippen LogP contribution < -0.4 is 10.6 Å². The summed E-state index contributed by atoms with van der Waals surface area (Å²) in [6, 6.07) is 8.24. The monoisotopic (exact) mass is 419 g/mol.